The van der Waals surface area contributed by atoms with Crippen molar-refractivity contribution in [1.29, 1.82) is 0 Å². The van der Waals surface area contributed by atoms with Crippen LogP contribution < -0.4 is 5.32 Å². The zero-order valence-electron chi connectivity index (χ0n) is 13.5. The maximum absolute atomic E-state index is 13.6. The van der Waals surface area contributed by atoms with Gasteiger partial charge in [-0.25, -0.2) is 14.0 Å². The Morgan fingerprint density at radius 1 is 1.16 bits per heavy atom. The molecule has 0 aromatic heterocycles. The molecule has 0 bridgehead atoms. The summed E-state index contributed by atoms with van der Waals surface area (Å²) in [5.41, 5.74) is 1.35. The first-order chi connectivity index (χ1) is 12.0. The summed E-state index contributed by atoms with van der Waals surface area (Å²) in [6.07, 6.45) is -0.697. The molecule has 0 spiro atoms. The molecule has 5 nitrogen and oxygen atoms in total. The van der Waals surface area contributed by atoms with Crippen molar-refractivity contribution in [1.82, 2.24) is 5.32 Å². The Labute approximate surface area is 153 Å². The van der Waals surface area contributed by atoms with Crippen LogP contribution in [0.5, 0.6) is 0 Å². The van der Waals surface area contributed by atoms with Crippen LogP contribution in [0.25, 0.3) is 0 Å². The third kappa shape index (κ3) is 5.56. The number of halogens is 2. The molecule has 0 aliphatic carbocycles. The summed E-state index contributed by atoms with van der Waals surface area (Å²) in [5.74, 6) is -1.10. The van der Waals surface area contributed by atoms with Crippen molar-refractivity contribution in [2.45, 2.75) is 19.1 Å². The van der Waals surface area contributed by atoms with Crippen LogP contribution in [0.2, 0.25) is 0 Å². The number of ether oxygens (including phenoxy) is 2. The van der Waals surface area contributed by atoms with Gasteiger partial charge in [0.1, 0.15) is 18.5 Å². The van der Waals surface area contributed by atoms with E-state index in [0.29, 0.717) is 5.56 Å². The number of hydrogen-bond donors (Lipinski definition) is 1. The number of hydrogen-bond acceptors (Lipinski definition) is 4. The highest BCUT2D eigenvalue weighted by Gasteiger charge is 2.24. The lowest BCUT2D eigenvalue weighted by Gasteiger charge is -2.17. The fourth-order valence-corrected chi connectivity index (χ4v) is 2.59. The van der Waals surface area contributed by atoms with Crippen molar-refractivity contribution >= 4 is 28.0 Å². The lowest BCUT2D eigenvalue weighted by molar-refractivity contribution is -0.143. The van der Waals surface area contributed by atoms with E-state index in [1.54, 1.807) is 6.07 Å². The first-order valence-corrected chi connectivity index (χ1v) is 8.28. The Morgan fingerprint density at radius 3 is 2.56 bits per heavy atom. The van der Waals surface area contributed by atoms with Crippen molar-refractivity contribution in [3.63, 3.8) is 0 Å². The van der Waals surface area contributed by atoms with Gasteiger partial charge in [-0.2, -0.15) is 0 Å². The summed E-state index contributed by atoms with van der Waals surface area (Å²) in [7, 11) is 1.22. The van der Waals surface area contributed by atoms with E-state index in [9.17, 15) is 14.0 Å². The zero-order valence-corrected chi connectivity index (χ0v) is 15.1. The zero-order chi connectivity index (χ0) is 18.2. The summed E-state index contributed by atoms with van der Waals surface area (Å²) < 4.78 is 23.6. The first-order valence-electron chi connectivity index (χ1n) is 7.49. The van der Waals surface area contributed by atoms with Crippen LogP contribution in [-0.2, 0) is 27.3 Å². The van der Waals surface area contributed by atoms with Gasteiger partial charge in [0.2, 0.25) is 0 Å². The largest absolute Gasteiger partial charge is 0.467 e. The van der Waals surface area contributed by atoms with E-state index in [4.69, 9.17) is 9.47 Å². The van der Waals surface area contributed by atoms with E-state index >= 15 is 0 Å². The minimum absolute atomic E-state index is 0.0610. The van der Waals surface area contributed by atoms with Crippen molar-refractivity contribution in [3.05, 3.63) is 69.9 Å². The van der Waals surface area contributed by atoms with Crippen LogP contribution in [0.3, 0.4) is 0 Å². The van der Waals surface area contributed by atoms with Gasteiger partial charge in [-0.05, 0) is 33.1 Å². The van der Waals surface area contributed by atoms with Gasteiger partial charge in [-0.1, -0.05) is 42.5 Å². The van der Waals surface area contributed by atoms with Gasteiger partial charge in [0.15, 0.2) is 0 Å². The van der Waals surface area contributed by atoms with Gasteiger partial charge in [0.25, 0.3) is 0 Å². The Hall–Kier alpha value is -2.41. The molecule has 0 radical (unpaired) electrons. The van der Waals surface area contributed by atoms with E-state index in [1.165, 1.54) is 19.2 Å². The molecule has 2 aromatic rings. The summed E-state index contributed by atoms with van der Waals surface area (Å²) in [6, 6.07) is 12.6. The van der Waals surface area contributed by atoms with Crippen LogP contribution in [0.4, 0.5) is 9.18 Å². The number of carbonyl (C=O) groups excluding carboxylic acids is 2. The van der Waals surface area contributed by atoms with Crippen molar-refractivity contribution in [3.8, 4) is 0 Å². The van der Waals surface area contributed by atoms with Crippen LogP contribution in [0.1, 0.15) is 11.1 Å². The van der Waals surface area contributed by atoms with E-state index in [2.05, 4.69) is 21.2 Å². The molecule has 0 heterocycles. The normalized spacial score (nSPS) is 11.5. The molecule has 2 rings (SSSR count). The molecule has 1 atom stereocenters. The van der Waals surface area contributed by atoms with Gasteiger partial charge in [-0.15, -0.1) is 0 Å². The van der Waals surface area contributed by atoms with E-state index < -0.39 is 23.9 Å². The maximum atomic E-state index is 13.6. The number of methoxy groups -OCH3 is 1. The monoisotopic (exact) mass is 409 g/mol. The molecular weight excluding hydrogens is 393 g/mol. The third-order valence-electron chi connectivity index (χ3n) is 3.45. The minimum Gasteiger partial charge on any atom is -0.467 e. The number of benzene rings is 2. The predicted octanol–water partition coefficient (Wildman–Crippen LogP) is 3.60. The smallest absolute Gasteiger partial charge is 0.408 e. The molecule has 1 unspecified atom stereocenters. The van der Waals surface area contributed by atoms with Crippen molar-refractivity contribution < 1.29 is 23.5 Å². The predicted molar refractivity (Wildman–Crippen MR) is 93.4 cm³/mol. The van der Waals surface area contributed by atoms with E-state index in [1.807, 2.05) is 30.3 Å². The van der Waals surface area contributed by atoms with Crippen molar-refractivity contribution in [2.24, 2.45) is 0 Å². The molecule has 0 saturated carbocycles. The number of nitrogens with one attached hydrogen (secondary N) is 1. The molecule has 0 aliphatic heterocycles. The quantitative estimate of drug-likeness (QED) is 0.740. The molecular formula is C18H17BrFNO4. The summed E-state index contributed by atoms with van der Waals surface area (Å²) in [5, 5.41) is 2.45. The Kier molecular flexibility index (Phi) is 6.94. The molecule has 1 amide bonds. The minimum atomic E-state index is -0.994. The highest BCUT2D eigenvalue weighted by molar-refractivity contribution is 9.10. The van der Waals surface area contributed by atoms with Gasteiger partial charge >= 0.3 is 12.1 Å². The van der Waals surface area contributed by atoms with E-state index in [-0.39, 0.29) is 17.5 Å². The van der Waals surface area contributed by atoms with Crippen LogP contribution in [0, 0.1) is 5.82 Å². The number of carbonyl (C=O) groups is 2. The SMILES string of the molecule is COC(=O)C(Cc1cccc(F)c1Br)NC(=O)OCc1ccccc1. The Bertz CT molecular complexity index is 739. The lowest BCUT2D eigenvalue weighted by atomic mass is 10.1. The average Bonchev–Trinajstić information content (AvgIpc) is 2.63. The lowest BCUT2D eigenvalue weighted by Crippen LogP contribution is -2.43. The Morgan fingerprint density at radius 2 is 1.88 bits per heavy atom. The molecule has 1 N–H and O–H groups in total. The number of esters is 1. The molecule has 0 saturated heterocycles. The molecule has 2 aromatic carbocycles. The highest BCUT2D eigenvalue weighted by Crippen LogP contribution is 2.22. The van der Waals surface area contributed by atoms with Crippen molar-refractivity contribution in [2.75, 3.05) is 7.11 Å². The topological polar surface area (TPSA) is 64.6 Å². The number of amides is 1. The average molecular weight is 410 g/mol. The van der Waals surface area contributed by atoms with Crippen LogP contribution in [-0.4, -0.2) is 25.2 Å². The number of alkyl carbamates (subject to hydrolysis) is 1. The maximum Gasteiger partial charge on any atom is 0.408 e. The van der Waals surface area contributed by atoms with Gasteiger partial charge in [0.05, 0.1) is 11.6 Å². The summed E-state index contributed by atoms with van der Waals surface area (Å²) >= 11 is 3.14. The second-order valence-corrected chi connectivity index (χ2v) is 5.99. The third-order valence-corrected chi connectivity index (χ3v) is 4.33. The standard InChI is InChI=1S/C18H17BrFNO4/c1-24-17(22)15(10-13-8-5-9-14(20)16(13)19)21-18(23)25-11-12-6-3-2-4-7-12/h2-9,15H,10-11H2,1H3,(H,21,23). The van der Waals surface area contributed by atoms with Gasteiger partial charge in [-0.3, -0.25) is 0 Å². The fraction of sp³-hybridized carbons (Fsp3) is 0.222. The van der Waals surface area contributed by atoms with Crippen LogP contribution >= 0.6 is 15.9 Å². The fourth-order valence-electron chi connectivity index (χ4n) is 2.17. The number of rotatable bonds is 6. The van der Waals surface area contributed by atoms with Crippen LogP contribution in [0.15, 0.2) is 53.0 Å². The first kappa shape index (κ1) is 18.9. The molecule has 132 valence electrons. The Balaban J connectivity index is 2.01. The van der Waals surface area contributed by atoms with Gasteiger partial charge < -0.3 is 14.8 Å². The second kappa shape index (κ2) is 9.17. The summed E-state index contributed by atoms with van der Waals surface area (Å²) in [6.45, 7) is 0.0736. The summed E-state index contributed by atoms with van der Waals surface area (Å²) in [4.78, 5) is 23.9. The molecule has 7 heteroatoms. The second-order valence-electron chi connectivity index (χ2n) is 5.20. The molecule has 25 heavy (non-hydrogen) atoms. The molecule has 0 aliphatic rings. The van der Waals surface area contributed by atoms with Gasteiger partial charge in [0, 0.05) is 6.42 Å². The molecule has 0 fully saturated rings. The van der Waals surface area contributed by atoms with E-state index in [0.717, 1.165) is 5.56 Å². The highest BCUT2D eigenvalue weighted by atomic mass is 79.9.